The van der Waals surface area contributed by atoms with E-state index in [-0.39, 0.29) is 5.91 Å². The van der Waals surface area contributed by atoms with Gasteiger partial charge in [0.05, 0.1) is 5.75 Å². The molecule has 0 unspecified atom stereocenters. The first-order valence-corrected chi connectivity index (χ1v) is 9.95. The van der Waals surface area contributed by atoms with Gasteiger partial charge in [-0.25, -0.2) is 4.98 Å². The summed E-state index contributed by atoms with van der Waals surface area (Å²) < 4.78 is 0.963. The van der Waals surface area contributed by atoms with Crippen LogP contribution >= 0.6 is 27.7 Å². The number of thioether (sulfide) groups is 1. The molecular formula is C17H21BrN4OS. The van der Waals surface area contributed by atoms with Gasteiger partial charge < -0.3 is 4.90 Å². The van der Waals surface area contributed by atoms with Crippen molar-refractivity contribution >= 4 is 33.6 Å². The molecule has 1 aromatic carbocycles. The van der Waals surface area contributed by atoms with Gasteiger partial charge in [-0.2, -0.15) is 0 Å². The third-order valence-electron chi connectivity index (χ3n) is 4.40. The maximum atomic E-state index is 12.6. The second-order valence-electron chi connectivity index (χ2n) is 6.17. The minimum Gasteiger partial charge on any atom is -0.337 e. The van der Waals surface area contributed by atoms with Gasteiger partial charge in [0.15, 0.2) is 5.82 Å². The van der Waals surface area contributed by atoms with E-state index >= 15 is 0 Å². The van der Waals surface area contributed by atoms with Crippen LogP contribution in [0.15, 0.2) is 33.9 Å². The van der Waals surface area contributed by atoms with E-state index in [1.165, 1.54) is 18.2 Å². The van der Waals surface area contributed by atoms with Gasteiger partial charge in [0, 0.05) is 22.1 Å². The molecule has 0 radical (unpaired) electrons. The summed E-state index contributed by atoms with van der Waals surface area (Å²) in [6.45, 7) is 4.27. The number of rotatable bonds is 4. The molecule has 7 heteroatoms. The topological polar surface area (TPSA) is 61.9 Å². The number of nitrogens with one attached hydrogen (secondary N) is 1. The molecule has 128 valence electrons. The Labute approximate surface area is 154 Å². The second-order valence-corrected chi connectivity index (χ2v) is 7.96. The maximum Gasteiger partial charge on any atom is 0.233 e. The van der Waals surface area contributed by atoms with Crippen molar-refractivity contribution in [2.75, 3.05) is 5.75 Å². The van der Waals surface area contributed by atoms with Crippen molar-refractivity contribution in [1.82, 2.24) is 20.1 Å². The normalized spacial score (nSPS) is 21.0. The highest BCUT2D eigenvalue weighted by molar-refractivity contribution is 9.10. The summed E-state index contributed by atoms with van der Waals surface area (Å²) in [6.07, 6.45) is 3.39. The predicted octanol–water partition coefficient (Wildman–Crippen LogP) is 4.12. The molecule has 0 aliphatic carbocycles. The number of nitrogens with zero attached hydrogens (tertiary/aromatic N) is 3. The molecule has 0 spiro atoms. The number of likely N-dealkylation sites (tertiary alicyclic amines) is 1. The van der Waals surface area contributed by atoms with E-state index < -0.39 is 0 Å². The van der Waals surface area contributed by atoms with Gasteiger partial charge in [-0.3, -0.25) is 9.89 Å². The Morgan fingerprint density at radius 3 is 2.75 bits per heavy atom. The lowest BCUT2D eigenvalue weighted by atomic mass is 9.98. The van der Waals surface area contributed by atoms with Crippen LogP contribution in [0.2, 0.25) is 0 Å². The van der Waals surface area contributed by atoms with E-state index in [1.54, 1.807) is 0 Å². The van der Waals surface area contributed by atoms with Gasteiger partial charge in [-0.1, -0.05) is 45.9 Å². The highest BCUT2D eigenvalue weighted by atomic mass is 79.9. The molecule has 1 fully saturated rings. The number of carbonyl (C=O) groups is 1. The van der Waals surface area contributed by atoms with Crippen molar-refractivity contribution in [2.24, 2.45) is 0 Å². The Bertz CT molecular complexity index is 710. The Hall–Kier alpha value is -1.34. The van der Waals surface area contributed by atoms with Crippen molar-refractivity contribution in [2.45, 2.75) is 50.4 Å². The number of aromatic amines is 1. The average Bonchev–Trinajstić information content (AvgIpc) is 3.02. The number of H-pyrrole nitrogens is 1. The third kappa shape index (κ3) is 3.83. The van der Waals surface area contributed by atoms with Gasteiger partial charge in [-0.15, -0.1) is 5.10 Å². The molecule has 1 N–H and O–H groups in total. The molecule has 5 nitrogen and oxygen atoms in total. The van der Waals surface area contributed by atoms with Crippen molar-refractivity contribution in [3.8, 4) is 11.4 Å². The Morgan fingerprint density at radius 1 is 1.33 bits per heavy atom. The quantitative estimate of drug-likeness (QED) is 0.772. The van der Waals surface area contributed by atoms with E-state index in [2.05, 4.69) is 45.0 Å². The molecule has 2 atom stereocenters. The summed E-state index contributed by atoms with van der Waals surface area (Å²) in [5.74, 6) is 1.26. The number of aromatic nitrogens is 3. The molecule has 2 aromatic rings. The lowest BCUT2D eigenvalue weighted by Crippen LogP contribution is -2.48. The molecule has 1 aromatic heterocycles. The van der Waals surface area contributed by atoms with Gasteiger partial charge in [0.1, 0.15) is 0 Å². The summed E-state index contributed by atoms with van der Waals surface area (Å²) in [7, 11) is 0. The van der Waals surface area contributed by atoms with Gasteiger partial charge in [-0.05, 0) is 39.2 Å². The summed E-state index contributed by atoms with van der Waals surface area (Å²) in [6, 6.07) is 8.50. The number of amides is 1. The molecule has 0 saturated carbocycles. The number of hydrogen-bond acceptors (Lipinski definition) is 4. The molecule has 1 amide bonds. The van der Waals surface area contributed by atoms with Crippen LogP contribution in [0.3, 0.4) is 0 Å². The van der Waals surface area contributed by atoms with E-state index in [9.17, 15) is 4.79 Å². The van der Waals surface area contributed by atoms with E-state index in [0.717, 1.165) is 22.9 Å². The van der Waals surface area contributed by atoms with Crippen LogP contribution in [-0.2, 0) is 4.79 Å². The van der Waals surface area contributed by atoms with Crippen LogP contribution in [0.1, 0.15) is 33.1 Å². The smallest absolute Gasteiger partial charge is 0.233 e. The number of halogens is 1. The van der Waals surface area contributed by atoms with Crippen LogP contribution in [0.25, 0.3) is 11.4 Å². The summed E-state index contributed by atoms with van der Waals surface area (Å²) in [5, 5.41) is 7.77. The molecule has 1 aliphatic rings. The molecule has 24 heavy (non-hydrogen) atoms. The summed E-state index contributed by atoms with van der Waals surface area (Å²) in [4.78, 5) is 19.1. The Morgan fingerprint density at radius 2 is 2.04 bits per heavy atom. The van der Waals surface area contributed by atoms with Crippen LogP contribution in [0, 0.1) is 0 Å². The highest BCUT2D eigenvalue weighted by Gasteiger charge is 2.28. The fraction of sp³-hybridized carbons (Fsp3) is 0.471. The monoisotopic (exact) mass is 408 g/mol. The lowest BCUT2D eigenvalue weighted by Gasteiger charge is -2.39. The van der Waals surface area contributed by atoms with Crippen LogP contribution in [0.5, 0.6) is 0 Å². The average molecular weight is 409 g/mol. The lowest BCUT2D eigenvalue weighted by molar-refractivity contribution is -0.134. The zero-order valence-corrected chi connectivity index (χ0v) is 16.2. The van der Waals surface area contributed by atoms with Crippen molar-refractivity contribution in [3.05, 3.63) is 28.7 Å². The van der Waals surface area contributed by atoms with E-state index in [0.29, 0.717) is 28.8 Å². The molecule has 3 rings (SSSR count). The first-order valence-electron chi connectivity index (χ1n) is 8.17. The van der Waals surface area contributed by atoms with Crippen molar-refractivity contribution in [3.63, 3.8) is 0 Å². The number of piperidine rings is 1. The summed E-state index contributed by atoms with van der Waals surface area (Å²) >= 11 is 4.90. The van der Waals surface area contributed by atoms with Crippen LogP contribution in [-0.4, -0.2) is 43.8 Å². The first kappa shape index (κ1) is 17.5. The summed E-state index contributed by atoms with van der Waals surface area (Å²) in [5.41, 5.74) is 0.960. The number of hydrogen-bond donors (Lipinski definition) is 1. The zero-order valence-electron chi connectivity index (χ0n) is 13.8. The van der Waals surface area contributed by atoms with Crippen LogP contribution in [0.4, 0.5) is 0 Å². The van der Waals surface area contributed by atoms with Crippen molar-refractivity contribution < 1.29 is 4.79 Å². The number of carbonyl (C=O) groups excluding carboxylic acids is 1. The molecule has 2 heterocycles. The SMILES string of the molecule is C[C@@H]1CCC[C@@H](C)N1C(=O)CSc1n[nH]c(-c2ccccc2Br)n1. The Balaban J connectivity index is 1.63. The minimum atomic E-state index is 0.173. The molecule has 1 saturated heterocycles. The molecular weight excluding hydrogens is 388 g/mol. The predicted molar refractivity (Wildman–Crippen MR) is 99.9 cm³/mol. The molecule has 0 bridgehead atoms. The fourth-order valence-electron chi connectivity index (χ4n) is 3.20. The largest absolute Gasteiger partial charge is 0.337 e. The van der Waals surface area contributed by atoms with E-state index in [1.807, 2.05) is 29.2 Å². The first-order chi connectivity index (χ1) is 11.6. The van der Waals surface area contributed by atoms with E-state index in [4.69, 9.17) is 0 Å². The zero-order chi connectivity index (χ0) is 17.1. The number of benzene rings is 1. The maximum absolute atomic E-state index is 12.6. The fourth-order valence-corrected chi connectivity index (χ4v) is 4.34. The Kier molecular flexibility index (Phi) is 5.61. The van der Waals surface area contributed by atoms with Crippen LogP contribution < -0.4 is 0 Å². The third-order valence-corrected chi connectivity index (χ3v) is 5.92. The highest BCUT2D eigenvalue weighted by Crippen LogP contribution is 2.27. The van der Waals surface area contributed by atoms with Crippen molar-refractivity contribution in [1.29, 1.82) is 0 Å². The van der Waals surface area contributed by atoms with Gasteiger partial charge in [0.2, 0.25) is 11.1 Å². The second kappa shape index (κ2) is 7.70. The molecule has 1 aliphatic heterocycles. The van der Waals surface area contributed by atoms with Gasteiger partial charge in [0.25, 0.3) is 0 Å². The van der Waals surface area contributed by atoms with Gasteiger partial charge >= 0.3 is 0 Å². The minimum absolute atomic E-state index is 0.173. The standard InChI is InChI=1S/C17H21BrN4OS/c1-11-6-5-7-12(2)22(11)15(23)10-24-17-19-16(20-21-17)13-8-3-4-9-14(13)18/h3-4,8-9,11-12H,5-7,10H2,1-2H3,(H,19,20,21)/t11-,12-/m1/s1.